The van der Waals surface area contributed by atoms with Crippen LogP contribution in [-0.4, -0.2) is 11.1 Å². The van der Waals surface area contributed by atoms with Crippen LogP contribution in [0.25, 0.3) is 5.57 Å². The van der Waals surface area contributed by atoms with Gasteiger partial charge in [-0.1, -0.05) is 30.8 Å². The lowest BCUT2D eigenvalue weighted by atomic mass is 10.1. The van der Waals surface area contributed by atoms with Gasteiger partial charge in [-0.25, -0.2) is 4.79 Å². The second kappa shape index (κ2) is 5.29. The molecule has 0 spiro atoms. The summed E-state index contributed by atoms with van der Waals surface area (Å²) in [6.45, 7) is 4.14. The van der Waals surface area contributed by atoms with E-state index in [4.69, 9.17) is 5.11 Å². The number of hydrogen-bond donors (Lipinski definition) is 2. The van der Waals surface area contributed by atoms with E-state index < -0.39 is 5.97 Å². The first-order valence-electron chi connectivity index (χ1n) is 6.71. The SMILES string of the molecule is C=C1/C(=C/Nc2ccc(C(=O)O)cc2)Cc2ccccc21. The molecule has 3 nitrogen and oxygen atoms in total. The quantitative estimate of drug-likeness (QED) is 0.893. The summed E-state index contributed by atoms with van der Waals surface area (Å²) in [6, 6.07) is 14.9. The van der Waals surface area contributed by atoms with Gasteiger partial charge in [0.25, 0.3) is 0 Å². The zero-order valence-electron chi connectivity index (χ0n) is 11.5. The van der Waals surface area contributed by atoms with Gasteiger partial charge in [-0.15, -0.1) is 0 Å². The number of anilines is 1. The molecule has 0 heterocycles. The van der Waals surface area contributed by atoms with Crippen molar-refractivity contribution in [2.45, 2.75) is 6.42 Å². The van der Waals surface area contributed by atoms with Crippen molar-refractivity contribution in [3.8, 4) is 0 Å². The maximum Gasteiger partial charge on any atom is 0.335 e. The number of aromatic carboxylic acids is 1. The molecule has 0 aliphatic heterocycles. The van der Waals surface area contributed by atoms with Gasteiger partial charge in [0.1, 0.15) is 0 Å². The molecule has 104 valence electrons. The highest BCUT2D eigenvalue weighted by Crippen LogP contribution is 2.34. The minimum Gasteiger partial charge on any atom is -0.478 e. The Balaban J connectivity index is 1.76. The summed E-state index contributed by atoms with van der Waals surface area (Å²) in [5.74, 6) is -0.917. The third-order valence-corrected chi connectivity index (χ3v) is 3.66. The van der Waals surface area contributed by atoms with Crippen molar-refractivity contribution < 1.29 is 9.90 Å². The Morgan fingerprint density at radius 3 is 2.52 bits per heavy atom. The summed E-state index contributed by atoms with van der Waals surface area (Å²) in [6.07, 6.45) is 2.81. The molecule has 0 fully saturated rings. The number of fused-ring (bicyclic) bond motifs is 1. The van der Waals surface area contributed by atoms with Gasteiger partial charge in [0.2, 0.25) is 0 Å². The molecule has 0 unspecified atom stereocenters. The smallest absolute Gasteiger partial charge is 0.335 e. The lowest BCUT2D eigenvalue weighted by molar-refractivity contribution is 0.0697. The minimum atomic E-state index is -0.917. The molecule has 0 bridgehead atoms. The van der Waals surface area contributed by atoms with Crippen LogP contribution < -0.4 is 5.32 Å². The zero-order valence-corrected chi connectivity index (χ0v) is 11.5. The number of nitrogens with one attached hydrogen (secondary N) is 1. The molecule has 0 saturated heterocycles. The van der Waals surface area contributed by atoms with E-state index >= 15 is 0 Å². The van der Waals surface area contributed by atoms with Crippen molar-refractivity contribution in [1.82, 2.24) is 0 Å². The van der Waals surface area contributed by atoms with E-state index in [0.29, 0.717) is 0 Å². The number of benzene rings is 2. The highest BCUT2D eigenvalue weighted by atomic mass is 16.4. The molecule has 0 atom stereocenters. The average molecular weight is 277 g/mol. The normalized spacial score (nSPS) is 15.0. The van der Waals surface area contributed by atoms with Crippen molar-refractivity contribution in [2.75, 3.05) is 5.32 Å². The predicted molar refractivity (Wildman–Crippen MR) is 84.3 cm³/mol. The maximum atomic E-state index is 10.8. The first-order valence-corrected chi connectivity index (χ1v) is 6.71. The molecule has 2 N–H and O–H groups in total. The Hall–Kier alpha value is -2.81. The highest BCUT2D eigenvalue weighted by Gasteiger charge is 2.18. The summed E-state index contributed by atoms with van der Waals surface area (Å²) in [5, 5.41) is 12.1. The summed E-state index contributed by atoms with van der Waals surface area (Å²) in [4.78, 5) is 10.8. The molecule has 3 rings (SSSR count). The molecule has 2 aromatic carbocycles. The number of allylic oxidation sites excluding steroid dienone is 2. The van der Waals surface area contributed by atoms with Gasteiger partial charge in [-0.2, -0.15) is 0 Å². The van der Waals surface area contributed by atoms with Gasteiger partial charge in [-0.3, -0.25) is 0 Å². The lowest BCUT2D eigenvalue weighted by Gasteiger charge is -2.04. The van der Waals surface area contributed by atoms with Crippen LogP contribution in [0.5, 0.6) is 0 Å². The Labute approximate surface area is 123 Å². The Morgan fingerprint density at radius 1 is 1.14 bits per heavy atom. The zero-order chi connectivity index (χ0) is 14.8. The molecule has 21 heavy (non-hydrogen) atoms. The first-order chi connectivity index (χ1) is 10.1. The van der Waals surface area contributed by atoms with Crippen molar-refractivity contribution >= 4 is 17.2 Å². The largest absolute Gasteiger partial charge is 0.478 e. The third-order valence-electron chi connectivity index (χ3n) is 3.66. The summed E-state index contributed by atoms with van der Waals surface area (Å²) in [7, 11) is 0. The van der Waals surface area contributed by atoms with Crippen LogP contribution in [0.1, 0.15) is 21.5 Å². The molecule has 1 aliphatic rings. The Bertz CT molecular complexity index is 742. The van der Waals surface area contributed by atoms with Crippen LogP contribution in [0, 0.1) is 0 Å². The van der Waals surface area contributed by atoms with Gasteiger partial charge >= 0.3 is 5.97 Å². The first kappa shape index (κ1) is 13.2. The molecular formula is C18H15NO2. The molecule has 0 amide bonds. The molecule has 1 aliphatic carbocycles. The van der Waals surface area contributed by atoms with E-state index in [0.717, 1.165) is 23.3 Å². The third kappa shape index (κ3) is 2.58. The minimum absolute atomic E-state index is 0.283. The van der Waals surface area contributed by atoms with Crippen molar-refractivity contribution in [3.05, 3.63) is 83.6 Å². The summed E-state index contributed by atoms with van der Waals surface area (Å²) in [5.41, 5.74) is 5.82. The number of carboxylic acid groups (broad SMARTS) is 1. The number of carboxylic acids is 1. The standard InChI is InChI=1S/C18H15NO2/c1-12-15(10-14-4-2-3-5-17(12)14)11-19-16-8-6-13(7-9-16)18(20)21/h2-9,11,19H,1,10H2,(H,20,21)/b15-11+. The number of rotatable bonds is 3. The average Bonchev–Trinajstić information content (AvgIpc) is 2.82. The molecule has 0 radical (unpaired) electrons. The molecular weight excluding hydrogens is 262 g/mol. The van der Waals surface area contributed by atoms with Gasteiger partial charge in [0.05, 0.1) is 5.56 Å². The van der Waals surface area contributed by atoms with Gasteiger partial charge in [0, 0.05) is 18.3 Å². The second-order valence-corrected chi connectivity index (χ2v) is 5.01. The number of hydrogen-bond acceptors (Lipinski definition) is 2. The highest BCUT2D eigenvalue weighted by molar-refractivity contribution is 5.88. The van der Waals surface area contributed by atoms with Crippen molar-refractivity contribution in [2.24, 2.45) is 0 Å². The topological polar surface area (TPSA) is 49.3 Å². The molecule has 0 saturated carbocycles. The van der Waals surface area contributed by atoms with E-state index in [1.165, 1.54) is 11.1 Å². The summed E-state index contributed by atoms with van der Waals surface area (Å²) < 4.78 is 0. The van der Waals surface area contributed by atoms with Crippen LogP contribution >= 0.6 is 0 Å². The lowest BCUT2D eigenvalue weighted by Crippen LogP contribution is -1.96. The predicted octanol–water partition coefficient (Wildman–Crippen LogP) is 3.95. The molecule has 3 heteroatoms. The van der Waals surface area contributed by atoms with Crippen molar-refractivity contribution in [3.63, 3.8) is 0 Å². The van der Waals surface area contributed by atoms with Crippen LogP contribution in [0.2, 0.25) is 0 Å². The van der Waals surface area contributed by atoms with E-state index in [1.807, 2.05) is 18.3 Å². The summed E-state index contributed by atoms with van der Waals surface area (Å²) >= 11 is 0. The van der Waals surface area contributed by atoms with E-state index in [1.54, 1.807) is 24.3 Å². The van der Waals surface area contributed by atoms with Gasteiger partial charge in [-0.05, 0) is 46.5 Å². The monoisotopic (exact) mass is 277 g/mol. The van der Waals surface area contributed by atoms with Gasteiger partial charge in [0.15, 0.2) is 0 Å². The van der Waals surface area contributed by atoms with E-state index in [2.05, 4.69) is 24.0 Å². The van der Waals surface area contributed by atoms with E-state index in [9.17, 15) is 4.79 Å². The Kier molecular flexibility index (Phi) is 3.32. The van der Waals surface area contributed by atoms with Gasteiger partial charge < -0.3 is 10.4 Å². The van der Waals surface area contributed by atoms with Crippen LogP contribution in [-0.2, 0) is 6.42 Å². The molecule has 2 aromatic rings. The van der Waals surface area contributed by atoms with E-state index in [-0.39, 0.29) is 5.56 Å². The number of carbonyl (C=O) groups is 1. The fourth-order valence-electron chi connectivity index (χ4n) is 2.47. The maximum absolute atomic E-state index is 10.8. The van der Waals surface area contributed by atoms with Crippen LogP contribution in [0.15, 0.2) is 66.9 Å². The van der Waals surface area contributed by atoms with Crippen LogP contribution in [0.4, 0.5) is 5.69 Å². The fourth-order valence-corrected chi connectivity index (χ4v) is 2.47. The second-order valence-electron chi connectivity index (χ2n) is 5.01. The molecule has 0 aromatic heterocycles. The Morgan fingerprint density at radius 2 is 1.86 bits per heavy atom. The van der Waals surface area contributed by atoms with Crippen molar-refractivity contribution in [1.29, 1.82) is 0 Å². The fraction of sp³-hybridized carbons (Fsp3) is 0.0556. The van der Waals surface area contributed by atoms with Crippen LogP contribution in [0.3, 0.4) is 0 Å².